The highest BCUT2D eigenvalue weighted by Crippen LogP contribution is 2.29. The summed E-state index contributed by atoms with van der Waals surface area (Å²) in [5.41, 5.74) is 4.22. The maximum atomic E-state index is 13.5. The molecule has 0 unspecified atom stereocenters. The molecule has 5 aromatic rings. The zero-order valence-corrected chi connectivity index (χ0v) is 19.9. The van der Waals surface area contributed by atoms with Gasteiger partial charge in [-0.15, -0.1) is 11.3 Å². The number of imidazole rings is 1. The summed E-state index contributed by atoms with van der Waals surface area (Å²) in [6.07, 6.45) is 2.37. The van der Waals surface area contributed by atoms with Crippen LogP contribution in [0.1, 0.15) is 31.5 Å². The minimum atomic E-state index is -0.325. The number of hydrogen-bond acceptors (Lipinski definition) is 4. The highest BCUT2D eigenvalue weighted by atomic mass is 32.1. The molecule has 0 aliphatic carbocycles. The fourth-order valence-electron chi connectivity index (χ4n) is 3.91. The Morgan fingerprint density at radius 3 is 2.29 bits per heavy atom. The van der Waals surface area contributed by atoms with Crippen molar-refractivity contribution in [2.45, 2.75) is 19.9 Å². The Hall–Kier alpha value is -4.10. The number of hydrogen-bond donors (Lipinski definition) is 1. The molecular formula is C28H23FN4OS. The molecule has 0 radical (unpaired) electrons. The normalized spacial score (nSPS) is 10.9. The lowest BCUT2D eigenvalue weighted by molar-refractivity contribution is 0.102. The summed E-state index contributed by atoms with van der Waals surface area (Å²) >= 11 is 1.40. The van der Waals surface area contributed by atoms with E-state index in [1.165, 1.54) is 23.5 Å². The van der Waals surface area contributed by atoms with Crippen molar-refractivity contribution in [1.82, 2.24) is 14.5 Å². The molecule has 0 saturated heterocycles. The van der Waals surface area contributed by atoms with Gasteiger partial charge in [-0.2, -0.15) is 0 Å². The number of aromatic nitrogens is 3. The number of carbonyl (C=O) groups excluding carboxylic acids is 1. The van der Waals surface area contributed by atoms with Gasteiger partial charge < -0.3 is 9.88 Å². The highest BCUT2D eigenvalue weighted by molar-refractivity contribution is 7.14. The molecule has 1 amide bonds. The Bertz CT molecular complexity index is 1440. The molecule has 3 aromatic carbocycles. The Kier molecular flexibility index (Phi) is 6.50. The van der Waals surface area contributed by atoms with Crippen LogP contribution < -0.4 is 5.32 Å². The molecule has 1 N–H and O–H groups in total. The second-order valence-corrected chi connectivity index (χ2v) is 9.28. The van der Waals surface area contributed by atoms with E-state index in [0.717, 1.165) is 21.7 Å². The lowest BCUT2D eigenvalue weighted by atomic mass is 10.1. The molecule has 5 nitrogen and oxygen atoms in total. The van der Waals surface area contributed by atoms with E-state index in [1.807, 2.05) is 72.2 Å². The van der Waals surface area contributed by atoms with Crippen molar-refractivity contribution < 1.29 is 9.18 Å². The lowest BCUT2D eigenvalue weighted by Crippen LogP contribution is -2.16. The van der Waals surface area contributed by atoms with Gasteiger partial charge in [0.2, 0.25) is 0 Å². The third-order valence-corrected chi connectivity index (χ3v) is 6.78. The Morgan fingerprint density at radius 2 is 1.60 bits per heavy atom. The minimum Gasteiger partial charge on any atom is -0.312 e. The first kappa shape index (κ1) is 22.7. The van der Waals surface area contributed by atoms with Crippen LogP contribution in [0.2, 0.25) is 0 Å². The van der Waals surface area contributed by atoms with E-state index in [1.54, 1.807) is 18.5 Å². The van der Waals surface area contributed by atoms with Gasteiger partial charge in [-0.05, 0) is 42.3 Å². The highest BCUT2D eigenvalue weighted by Gasteiger charge is 2.21. The van der Waals surface area contributed by atoms with E-state index in [2.05, 4.69) is 15.3 Å². The summed E-state index contributed by atoms with van der Waals surface area (Å²) in [6, 6.07) is 26.1. The smallest absolute Gasteiger partial charge is 0.268 e. The second kappa shape index (κ2) is 10.0. The van der Waals surface area contributed by atoms with Crippen molar-refractivity contribution in [2.24, 2.45) is 0 Å². The van der Waals surface area contributed by atoms with Gasteiger partial charge in [-0.3, -0.25) is 4.79 Å². The monoisotopic (exact) mass is 482 g/mol. The first-order valence-electron chi connectivity index (χ1n) is 11.2. The number of anilines is 1. The average molecular weight is 483 g/mol. The standard InChI is InChI=1S/C28H23FN4OS/c1-19-26(35-24(31-19)16-20-8-4-2-5-9-20)28(34)32-27-25(22-12-14-23(29)15-13-22)30-18-33(27)17-21-10-6-3-7-11-21/h2-15,18H,16-17H2,1H3,(H,32,34). The Morgan fingerprint density at radius 1 is 0.943 bits per heavy atom. The molecule has 0 fully saturated rings. The zero-order chi connectivity index (χ0) is 24.2. The van der Waals surface area contributed by atoms with Gasteiger partial charge in [-0.1, -0.05) is 60.7 Å². The van der Waals surface area contributed by atoms with E-state index >= 15 is 0 Å². The molecule has 0 atom stereocenters. The number of rotatable bonds is 7. The van der Waals surface area contributed by atoms with Gasteiger partial charge in [0.15, 0.2) is 0 Å². The van der Waals surface area contributed by atoms with Gasteiger partial charge in [0.05, 0.1) is 23.6 Å². The van der Waals surface area contributed by atoms with Gasteiger partial charge in [0.25, 0.3) is 5.91 Å². The van der Waals surface area contributed by atoms with Crippen LogP contribution in [0.25, 0.3) is 11.3 Å². The maximum absolute atomic E-state index is 13.5. The molecule has 5 rings (SSSR count). The summed E-state index contributed by atoms with van der Waals surface area (Å²) in [4.78, 5) is 23.1. The van der Waals surface area contributed by atoms with Crippen LogP contribution in [0.3, 0.4) is 0 Å². The fraction of sp³-hybridized carbons (Fsp3) is 0.107. The summed E-state index contributed by atoms with van der Waals surface area (Å²) in [6.45, 7) is 2.38. The minimum absolute atomic E-state index is 0.238. The summed E-state index contributed by atoms with van der Waals surface area (Å²) in [5.74, 6) is -0.00496. The average Bonchev–Trinajstić information content (AvgIpc) is 3.43. The Balaban J connectivity index is 1.46. The van der Waals surface area contributed by atoms with Gasteiger partial charge in [-0.25, -0.2) is 14.4 Å². The maximum Gasteiger partial charge on any atom is 0.268 e. The third kappa shape index (κ3) is 5.20. The molecule has 0 saturated carbocycles. The van der Waals surface area contributed by atoms with E-state index < -0.39 is 0 Å². The quantitative estimate of drug-likeness (QED) is 0.294. The van der Waals surface area contributed by atoms with Crippen molar-refractivity contribution >= 4 is 23.1 Å². The van der Waals surface area contributed by atoms with Gasteiger partial charge >= 0.3 is 0 Å². The van der Waals surface area contributed by atoms with Gasteiger partial charge in [0.1, 0.15) is 22.2 Å². The summed E-state index contributed by atoms with van der Waals surface area (Å²) in [5, 5.41) is 3.95. The molecule has 35 heavy (non-hydrogen) atoms. The van der Waals surface area contributed by atoms with Crippen molar-refractivity contribution in [1.29, 1.82) is 0 Å². The molecule has 0 bridgehead atoms. The van der Waals surface area contributed by atoms with Crippen molar-refractivity contribution in [3.63, 3.8) is 0 Å². The number of carbonyl (C=O) groups is 1. The molecular weight excluding hydrogens is 459 g/mol. The predicted molar refractivity (Wildman–Crippen MR) is 137 cm³/mol. The van der Waals surface area contributed by atoms with Gasteiger partial charge in [0, 0.05) is 12.0 Å². The molecule has 0 spiro atoms. The number of nitrogens with zero attached hydrogens (tertiary/aromatic N) is 3. The van der Waals surface area contributed by atoms with Crippen molar-refractivity contribution in [2.75, 3.05) is 5.32 Å². The molecule has 7 heteroatoms. The van der Waals surface area contributed by atoms with E-state index in [9.17, 15) is 9.18 Å². The number of nitrogens with one attached hydrogen (secondary N) is 1. The van der Waals surface area contributed by atoms with Crippen LogP contribution in [0.15, 0.2) is 91.3 Å². The van der Waals surface area contributed by atoms with E-state index in [0.29, 0.717) is 35.0 Å². The van der Waals surface area contributed by atoms with Crippen LogP contribution >= 0.6 is 11.3 Å². The number of halogens is 1. The van der Waals surface area contributed by atoms with Crippen LogP contribution in [-0.2, 0) is 13.0 Å². The molecule has 0 aliphatic rings. The third-order valence-electron chi connectivity index (χ3n) is 5.63. The molecule has 2 aromatic heterocycles. The summed E-state index contributed by atoms with van der Waals surface area (Å²) < 4.78 is 15.4. The topological polar surface area (TPSA) is 59.8 Å². The lowest BCUT2D eigenvalue weighted by Gasteiger charge is -2.12. The molecule has 2 heterocycles. The number of amides is 1. The molecule has 0 aliphatic heterocycles. The first-order chi connectivity index (χ1) is 17.1. The fourth-order valence-corrected chi connectivity index (χ4v) is 4.90. The first-order valence-corrected chi connectivity index (χ1v) is 12.0. The van der Waals surface area contributed by atoms with E-state index in [4.69, 9.17) is 0 Å². The van der Waals surface area contributed by atoms with Crippen molar-refractivity contribution in [3.05, 3.63) is 124 Å². The van der Waals surface area contributed by atoms with Crippen molar-refractivity contribution in [3.8, 4) is 11.3 Å². The molecule has 174 valence electrons. The number of benzene rings is 3. The number of aryl methyl sites for hydroxylation is 1. The van der Waals surface area contributed by atoms with Crippen LogP contribution in [0.5, 0.6) is 0 Å². The zero-order valence-electron chi connectivity index (χ0n) is 19.1. The largest absolute Gasteiger partial charge is 0.312 e. The predicted octanol–water partition coefficient (Wildman–Crippen LogP) is 6.35. The number of thiazole rings is 1. The SMILES string of the molecule is Cc1nc(Cc2ccccc2)sc1C(=O)Nc1c(-c2ccc(F)cc2)ncn1Cc1ccccc1. The van der Waals surface area contributed by atoms with E-state index in [-0.39, 0.29) is 11.7 Å². The van der Waals surface area contributed by atoms with Crippen LogP contribution in [0.4, 0.5) is 10.2 Å². The van der Waals surface area contributed by atoms with Crippen LogP contribution in [-0.4, -0.2) is 20.4 Å². The Labute approximate surface area is 206 Å². The van der Waals surface area contributed by atoms with Crippen LogP contribution in [0, 0.1) is 12.7 Å². The summed E-state index contributed by atoms with van der Waals surface area (Å²) in [7, 11) is 0. The second-order valence-electron chi connectivity index (χ2n) is 8.20.